The van der Waals surface area contributed by atoms with E-state index >= 15 is 0 Å². The fourth-order valence-corrected chi connectivity index (χ4v) is 5.18. The van der Waals surface area contributed by atoms with Crippen LogP contribution in [0.2, 0.25) is 0 Å². The summed E-state index contributed by atoms with van der Waals surface area (Å²) in [6.45, 7) is 7.87. The van der Waals surface area contributed by atoms with Crippen LogP contribution in [-0.4, -0.2) is 26.8 Å². The molecule has 6 aromatic rings. The number of hydrogen-bond acceptors (Lipinski definition) is 5. The lowest BCUT2D eigenvalue weighted by Crippen LogP contribution is -2.13. The predicted octanol–water partition coefficient (Wildman–Crippen LogP) is 7.62. The van der Waals surface area contributed by atoms with E-state index in [9.17, 15) is 0 Å². The summed E-state index contributed by atoms with van der Waals surface area (Å²) in [4.78, 5) is 9.78. The summed E-state index contributed by atoms with van der Waals surface area (Å²) in [5.74, 6) is 1.40. The van der Waals surface area contributed by atoms with Gasteiger partial charge in [-0.3, -0.25) is 9.97 Å². The summed E-state index contributed by atoms with van der Waals surface area (Å²) in [6, 6.07) is 26.7. The van der Waals surface area contributed by atoms with E-state index in [4.69, 9.17) is 19.2 Å². The Morgan fingerprint density at radius 1 is 0.923 bits per heavy atom. The Hall–Kier alpha value is -4.97. The highest BCUT2D eigenvalue weighted by Gasteiger charge is 2.24. The van der Waals surface area contributed by atoms with Crippen LogP contribution in [0.25, 0.3) is 39.0 Å². The molecule has 0 bridgehead atoms. The smallest absolute Gasteiger partial charge is 0.141 e. The Kier molecular flexibility index (Phi) is 6.29. The highest BCUT2D eigenvalue weighted by atomic mass is 16.5. The molecular weight excluding hydrogens is 484 g/mol. The van der Waals surface area contributed by atoms with Crippen molar-refractivity contribution in [3.8, 4) is 22.3 Å². The summed E-state index contributed by atoms with van der Waals surface area (Å²) >= 11 is 0. The van der Waals surface area contributed by atoms with Gasteiger partial charge in [-0.15, -0.1) is 0 Å². The van der Waals surface area contributed by atoms with Crippen molar-refractivity contribution >= 4 is 16.8 Å². The van der Waals surface area contributed by atoms with Gasteiger partial charge in [0.25, 0.3) is 0 Å². The Morgan fingerprint density at radius 3 is 2.36 bits per heavy atom. The van der Waals surface area contributed by atoms with Crippen molar-refractivity contribution in [3.05, 3.63) is 132 Å². The first-order chi connectivity index (χ1) is 19.0. The monoisotopic (exact) mass is 512 g/mol. The van der Waals surface area contributed by atoms with Crippen molar-refractivity contribution in [1.29, 1.82) is 0 Å². The predicted molar refractivity (Wildman–Crippen MR) is 154 cm³/mol. The first kappa shape index (κ1) is 24.4. The fraction of sp³-hybridized carbons (Fsp3) is 0.121. The van der Waals surface area contributed by atoms with Crippen LogP contribution >= 0.6 is 0 Å². The molecular formula is C33H28N4O2. The average Bonchev–Trinajstić information content (AvgIpc) is 3.52. The van der Waals surface area contributed by atoms with Gasteiger partial charge in [-0.1, -0.05) is 72.4 Å². The maximum atomic E-state index is 5.48. The number of pyridine rings is 2. The van der Waals surface area contributed by atoms with Gasteiger partial charge in [0.15, 0.2) is 0 Å². The van der Waals surface area contributed by atoms with Crippen LogP contribution in [0, 0.1) is 13.8 Å². The number of aryl methyl sites for hydroxylation is 2. The first-order valence-corrected chi connectivity index (χ1v) is 12.8. The van der Waals surface area contributed by atoms with Crippen LogP contribution < -0.4 is 0 Å². The largest absolute Gasteiger partial charge is 0.497 e. The van der Waals surface area contributed by atoms with Crippen LogP contribution in [0.4, 0.5) is 0 Å². The molecule has 2 aromatic carbocycles. The molecule has 6 heteroatoms. The van der Waals surface area contributed by atoms with Crippen molar-refractivity contribution in [2.75, 3.05) is 7.11 Å². The topological polar surface area (TPSA) is 66.0 Å². The lowest BCUT2D eigenvalue weighted by Gasteiger charge is -2.20. The number of fused-ring (bicyclic) bond motifs is 1. The molecule has 0 saturated heterocycles. The number of ether oxygens (including phenoxy) is 1. The molecule has 6 nitrogen and oxygen atoms in total. The molecule has 1 unspecified atom stereocenters. The first-order valence-electron chi connectivity index (χ1n) is 12.8. The minimum absolute atomic E-state index is 0.155. The van der Waals surface area contributed by atoms with Crippen LogP contribution in [0.15, 0.2) is 109 Å². The zero-order chi connectivity index (χ0) is 26.9. The normalized spacial score (nSPS) is 12.0. The quantitative estimate of drug-likeness (QED) is 0.206. The highest BCUT2D eigenvalue weighted by Crippen LogP contribution is 2.38. The average molecular weight is 513 g/mol. The van der Waals surface area contributed by atoms with Crippen molar-refractivity contribution in [2.24, 2.45) is 0 Å². The van der Waals surface area contributed by atoms with Crippen LogP contribution in [0.1, 0.15) is 34.3 Å². The maximum absolute atomic E-state index is 5.48. The number of hydrogen-bond donors (Lipinski definition) is 0. The molecule has 6 rings (SSSR count). The van der Waals surface area contributed by atoms with E-state index in [2.05, 4.69) is 71.0 Å². The van der Waals surface area contributed by atoms with Gasteiger partial charge in [0.05, 0.1) is 29.5 Å². The molecule has 0 aliphatic rings. The van der Waals surface area contributed by atoms with E-state index < -0.39 is 0 Å². The van der Waals surface area contributed by atoms with Crippen LogP contribution in [0.3, 0.4) is 0 Å². The number of rotatable bonds is 7. The minimum atomic E-state index is -0.155. The molecule has 0 amide bonds. The molecule has 0 radical (unpaired) electrons. The SMILES string of the molecule is C=C(OC)c1ccc(-c2cn(C(c3ccccc3)c3ccccn3)c3cc(-c4c(C)noc4C)cnc23)cc1. The zero-order valence-electron chi connectivity index (χ0n) is 22.1. The highest BCUT2D eigenvalue weighted by molar-refractivity contribution is 5.95. The lowest BCUT2D eigenvalue weighted by atomic mass is 10.0. The third-order valence-electron chi connectivity index (χ3n) is 7.12. The molecule has 0 aliphatic carbocycles. The van der Waals surface area contributed by atoms with Gasteiger partial charge in [-0.05, 0) is 43.2 Å². The van der Waals surface area contributed by atoms with Crippen molar-refractivity contribution in [2.45, 2.75) is 19.9 Å². The minimum Gasteiger partial charge on any atom is -0.497 e. The Bertz CT molecular complexity index is 1710. The maximum Gasteiger partial charge on any atom is 0.141 e. The third-order valence-corrected chi connectivity index (χ3v) is 7.12. The zero-order valence-corrected chi connectivity index (χ0v) is 22.1. The molecule has 0 saturated carbocycles. The molecule has 39 heavy (non-hydrogen) atoms. The molecule has 0 aliphatic heterocycles. The second kappa shape index (κ2) is 10.1. The van der Waals surface area contributed by atoms with Gasteiger partial charge in [-0.2, -0.15) is 0 Å². The third kappa shape index (κ3) is 4.40. The lowest BCUT2D eigenvalue weighted by molar-refractivity contribution is 0.371. The van der Waals surface area contributed by atoms with Crippen molar-refractivity contribution in [3.63, 3.8) is 0 Å². The molecule has 1 atom stereocenters. The second-order valence-electron chi connectivity index (χ2n) is 9.51. The molecule has 4 aromatic heterocycles. The van der Waals surface area contributed by atoms with E-state index in [0.29, 0.717) is 5.76 Å². The number of aromatic nitrogens is 4. The Labute approximate surface area is 227 Å². The molecule has 4 heterocycles. The van der Waals surface area contributed by atoms with Gasteiger partial charge in [0.1, 0.15) is 17.6 Å². The number of benzene rings is 2. The molecule has 0 N–H and O–H groups in total. The number of methoxy groups -OCH3 is 1. The summed E-state index contributed by atoms with van der Waals surface area (Å²) in [5.41, 5.74) is 9.77. The van der Waals surface area contributed by atoms with Gasteiger partial charge in [-0.25, -0.2) is 0 Å². The molecule has 0 fully saturated rings. The Balaban J connectivity index is 1.61. The van der Waals surface area contributed by atoms with Crippen LogP contribution in [0.5, 0.6) is 0 Å². The summed E-state index contributed by atoms with van der Waals surface area (Å²) in [5, 5.41) is 4.17. The van der Waals surface area contributed by atoms with Gasteiger partial charge >= 0.3 is 0 Å². The van der Waals surface area contributed by atoms with E-state index in [-0.39, 0.29) is 6.04 Å². The van der Waals surface area contributed by atoms with E-state index in [1.165, 1.54) is 0 Å². The second-order valence-corrected chi connectivity index (χ2v) is 9.51. The van der Waals surface area contributed by atoms with E-state index in [0.717, 1.165) is 61.6 Å². The van der Waals surface area contributed by atoms with Gasteiger partial charge < -0.3 is 13.8 Å². The summed E-state index contributed by atoms with van der Waals surface area (Å²) < 4.78 is 13.1. The number of nitrogens with zero attached hydrogens (tertiary/aromatic N) is 4. The standard InChI is InChI=1S/C33H28N4O2/c1-21-31(23(3)39-36-21)27-18-30-32(35-19-27)28(25-15-13-24(14-16-25)22(2)38-4)20-37(30)33(26-10-6-5-7-11-26)29-12-8-9-17-34-29/h5-20,33H,2H2,1,3-4H3. The van der Waals surface area contributed by atoms with Crippen LogP contribution in [-0.2, 0) is 4.74 Å². The van der Waals surface area contributed by atoms with Gasteiger partial charge in [0.2, 0.25) is 0 Å². The van der Waals surface area contributed by atoms with E-state index in [1.54, 1.807) is 7.11 Å². The van der Waals surface area contributed by atoms with Crippen molar-refractivity contribution < 1.29 is 9.26 Å². The fourth-order valence-electron chi connectivity index (χ4n) is 5.18. The van der Waals surface area contributed by atoms with E-state index in [1.807, 2.05) is 56.6 Å². The summed E-state index contributed by atoms with van der Waals surface area (Å²) in [7, 11) is 1.63. The summed E-state index contributed by atoms with van der Waals surface area (Å²) in [6.07, 6.45) is 5.93. The van der Waals surface area contributed by atoms with Gasteiger partial charge in [0, 0.05) is 40.8 Å². The Morgan fingerprint density at radius 2 is 1.69 bits per heavy atom. The van der Waals surface area contributed by atoms with Crippen molar-refractivity contribution in [1.82, 2.24) is 19.7 Å². The molecule has 0 spiro atoms. The molecule has 192 valence electrons.